The van der Waals surface area contributed by atoms with Gasteiger partial charge in [0.2, 0.25) is 5.91 Å². The van der Waals surface area contributed by atoms with Crippen LogP contribution in [0, 0.1) is 5.82 Å². The molecular formula is C20H21ClFN3O. The fourth-order valence-electron chi connectivity index (χ4n) is 3.00. The summed E-state index contributed by atoms with van der Waals surface area (Å²) in [6, 6.07) is 13.8. The van der Waals surface area contributed by atoms with Crippen LogP contribution in [0.5, 0.6) is 0 Å². The number of carbonyl (C=O) groups is 1. The van der Waals surface area contributed by atoms with Gasteiger partial charge in [-0.2, -0.15) is 0 Å². The minimum absolute atomic E-state index is 0.179. The van der Waals surface area contributed by atoms with Crippen molar-refractivity contribution in [3.05, 3.63) is 71.1 Å². The molecule has 1 aliphatic heterocycles. The van der Waals surface area contributed by atoms with Crippen molar-refractivity contribution >= 4 is 28.9 Å². The van der Waals surface area contributed by atoms with E-state index in [9.17, 15) is 9.18 Å². The first kappa shape index (κ1) is 18.3. The average Bonchev–Trinajstić information content (AvgIpc) is 2.64. The number of nitrogens with one attached hydrogen (secondary N) is 1. The lowest BCUT2D eigenvalue weighted by atomic mass is 10.2. The topological polar surface area (TPSA) is 35.6 Å². The highest BCUT2D eigenvalue weighted by molar-refractivity contribution is 6.30. The van der Waals surface area contributed by atoms with E-state index >= 15 is 0 Å². The van der Waals surface area contributed by atoms with E-state index in [0.29, 0.717) is 29.5 Å². The van der Waals surface area contributed by atoms with Crippen molar-refractivity contribution in [2.75, 3.05) is 36.4 Å². The van der Waals surface area contributed by atoms with E-state index in [4.69, 9.17) is 11.6 Å². The maximum atomic E-state index is 13.9. The molecule has 0 saturated carbocycles. The molecule has 1 N–H and O–H groups in total. The number of nitrogens with zero attached hydrogens (tertiary/aromatic N) is 2. The lowest BCUT2D eigenvalue weighted by Crippen LogP contribution is -2.46. The van der Waals surface area contributed by atoms with Gasteiger partial charge in [0.1, 0.15) is 5.82 Å². The van der Waals surface area contributed by atoms with Gasteiger partial charge in [-0.25, -0.2) is 4.39 Å². The number of amides is 1. The summed E-state index contributed by atoms with van der Waals surface area (Å²) in [7, 11) is 0. The number of hydrogen-bond donors (Lipinski definition) is 1. The Hall–Kier alpha value is -2.53. The van der Waals surface area contributed by atoms with Crippen LogP contribution in [0.25, 0.3) is 0 Å². The van der Waals surface area contributed by atoms with E-state index in [0.717, 1.165) is 18.8 Å². The highest BCUT2D eigenvalue weighted by Gasteiger charge is 2.19. The molecular weight excluding hydrogens is 353 g/mol. The summed E-state index contributed by atoms with van der Waals surface area (Å²) >= 11 is 5.84. The van der Waals surface area contributed by atoms with Crippen LogP contribution >= 0.6 is 11.6 Å². The lowest BCUT2D eigenvalue weighted by Gasteiger charge is -2.37. The number of anilines is 2. The van der Waals surface area contributed by atoms with E-state index in [1.807, 2.05) is 17.9 Å². The Kier molecular flexibility index (Phi) is 5.78. The van der Waals surface area contributed by atoms with Crippen LogP contribution in [0.1, 0.15) is 6.92 Å². The Bertz CT molecular complexity index is 799. The molecule has 2 aromatic rings. The molecule has 136 valence electrons. The Morgan fingerprint density at radius 1 is 1.08 bits per heavy atom. The molecule has 0 radical (unpaired) electrons. The maximum Gasteiger partial charge on any atom is 0.250 e. The first-order valence-electron chi connectivity index (χ1n) is 8.52. The highest BCUT2D eigenvalue weighted by atomic mass is 35.5. The first-order valence-corrected chi connectivity index (χ1v) is 8.90. The third-order valence-corrected chi connectivity index (χ3v) is 4.68. The molecule has 1 amide bonds. The van der Waals surface area contributed by atoms with Gasteiger partial charge in [-0.05, 0) is 43.3 Å². The Morgan fingerprint density at radius 3 is 2.38 bits per heavy atom. The Balaban J connectivity index is 1.56. The molecule has 3 rings (SSSR count). The predicted molar refractivity (Wildman–Crippen MR) is 104 cm³/mol. The van der Waals surface area contributed by atoms with E-state index in [1.165, 1.54) is 6.07 Å². The van der Waals surface area contributed by atoms with Crippen molar-refractivity contribution in [2.45, 2.75) is 6.92 Å². The van der Waals surface area contributed by atoms with Gasteiger partial charge in [0.15, 0.2) is 0 Å². The molecule has 1 saturated heterocycles. The third kappa shape index (κ3) is 4.55. The van der Waals surface area contributed by atoms with Crippen molar-refractivity contribution in [2.24, 2.45) is 0 Å². The SMILES string of the molecule is CC(=CC(=O)Nc1ccc(Cl)cc1)N1CCN(c2ccccc2F)CC1. The number of rotatable bonds is 4. The second-order valence-corrected chi connectivity index (χ2v) is 6.64. The molecule has 0 atom stereocenters. The monoisotopic (exact) mass is 373 g/mol. The standard InChI is InChI=1S/C20H21ClFN3O/c1-15(14-20(26)23-17-8-6-16(21)7-9-17)24-10-12-25(13-11-24)19-5-3-2-4-18(19)22/h2-9,14H,10-13H2,1H3,(H,23,26). The van der Waals surface area contributed by atoms with Crippen molar-refractivity contribution in [1.29, 1.82) is 0 Å². The lowest BCUT2D eigenvalue weighted by molar-refractivity contribution is -0.112. The van der Waals surface area contributed by atoms with Crippen LogP contribution in [0.4, 0.5) is 15.8 Å². The van der Waals surface area contributed by atoms with E-state index in [2.05, 4.69) is 10.2 Å². The summed E-state index contributed by atoms with van der Waals surface area (Å²) in [4.78, 5) is 16.3. The summed E-state index contributed by atoms with van der Waals surface area (Å²) in [5, 5.41) is 3.45. The average molecular weight is 374 g/mol. The molecule has 1 heterocycles. The molecule has 0 unspecified atom stereocenters. The zero-order valence-corrected chi connectivity index (χ0v) is 15.3. The minimum Gasteiger partial charge on any atom is -0.371 e. The molecule has 26 heavy (non-hydrogen) atoms. The third-order valence-electron chi connectivity index (χ3n) is 4.42. The van der Waals surface area contributed by atoms with Crippen molar-refractivity contribution in [3.63, 3.8) is 0 Å². The number of benzene rings is 2. The van der Waals surface area contributed by atoms with E-state index < -0.39 is 0 Å². The fourth-order valence-corrected chi connectivity index (χ4v) is 3.13. The summed E-state index contributed by atoms with van der Waals surface area (Å²) in [5.41, 5.74) is 2.23. The van der Waals surface area contributed by atoms with Crippen LogP contribution < -0.4 is 10.2 Å². The normalized spacial score (nSPS) is 15.1. The fraction of sp³-hybridized carbons (Fsp3) is 0.250. The van der Waals surface area contributed by atoms with E-state index in [1.54, 1.807) is 42.5 Å². The largest absolute Gasteiger partial charge is 0.371 e. The van der Waals surface area contributed by atoms with Gasteiger partial charge in [-0.3, -0.25) is 4.79 Å². The number of halogens is 2. The number of allylic oxidation sites excluding steroid dienone is 1. The number of para-hydroxylation sites is 1. The summed E-state index contributed by atoms with van der Waals surface area (Å²) in [5.74, 6) is -0.378. The van der Waals surface area contributed by atoms with Crippen LogP contribution in [0.2, 0.25) is 5.02 Å². The van der Waals surface area contributed by atoms with Crippen molar-refractivity contribution in [1.82, 2.24) is 4.90 Å². The number of piperazine rings is 1. The minimum atomic E-state index is -0.199. The van der Waals surface area contributed by atoms with Crippen LogP contribution in [0.3, 0.4) is 0 Å². The molecule has 4 nitrogen and oxygen atoms in total. The molecule has 2 aromatic carbocycles. The highest BCUT2D eigenvalue weighted by Crippen LogP contribution is 2.21. The molecule has 0 bridgehead atoms. The second-order valence-electron chi connectivity index (χ2n) is 6.21. The van der Waals surface area contributed by atoms with Crippen LogP contribution in [-0.2, 0) is 4.79 Å². The smallest absolute Gasteiger partial charge is 0.250 e. The molecule has 1 fully saturated rings. The van der Waals surface area contributed by atoms with Gasteiger partial charge >= 0.3 is 0 Å². The number of carbonyl (C=O) groups excluding carboxylic acids is 1. The quantitative estimate of drug-likeness (QED) is 0.818. The molecule has 6 heteroatoms. The predicted octanol–water partition coefficient (Wildman–Crippen LogP) is 4.14. The van der Waals surface area contributed by atoms with Crippen LogP contribution in [-0.4, -0.2) is 37.0 Å². The first-order chi connectivity index (χ1) is 12.5. The summed E-state index contributed by atoms with van der Waals surface area (Å²) < 4.78 is 13.9. The second kappa shape index (κ2) is 8.23. The zero-order chi connectivity index (χ0) is 18.5. The Labute approximate surface area is 157 Å². The van der Waals surface area contributed by atoms with Crippen molar-refractivity contribution in [3.8, 4) is 0 Å². The molecule has 0 aromatic heterocycles. The summed E-state index contributed by atoms with van der Waals surface area (Å²) in [6.07, 6.45) is 1.59. The van der Waals surface area contributed by atoms with Crippen LogP contribution in [0.15, 0.2) is 60.3 Å². The van der Waals surface area contributed by atoms with Crippen molar-refractivity contribution < 1.29 is 9.18 Å². The number of hydrogen-bond acceptors (Lipinski definition) is 3. The van der Waals surface area contributed by atoms with Gasteiger partial charge in [-0.15, -0.1) is 0 Å². The van der Waals surface area contributed by atoms with Gasteiger partial charge < -0.3 is 15.1 Å². The zero-order valence-electron chi connectivity index (χ0n) is 14.6. The maximum absolute atomic E-state index is 13.9. The Morgan fingerprint density at radius 2 is 1.73 bits per heavy atom. The molecule has 0 aliphatic carbocycles. The van der Waals surface area contributed by atoms with Gasteiger partial charge in [0, 0.05) is 48.7 Å². The van der Waals surface area contributed by atoms with Gasteiger partial charge in [0.05, 0.1) is 5.69 Å². The summed E-state index contributed by atoms with van der Waals surface area (Å²) in [6.45, 7) is 4.83. The van der Waals surface area contributed by atoms with Gasteiger partial charge in [0.25, 0.3) is 0 Å². The molecule has 0 spiro atoms. The molecule has 1 aliphatic rings. The van der Waals surface area contributed by atoms with Gasteiger partial charge in [-0.1, -0.05) is 23.7 Å². The van der Waals surface area contributed by atoms with E-state index in [-0.39, 0.29) is 11.7 Å².